The number of unbranched alkanes of at least 4 members (excludes halogenated alkanes) is 4. The molecule has 0 spiro atoms. The van der Waals surface area contributed by atoms with Crippen LogP contribution in [0, 0.1) is 5.92 Å². The molecule has 2 nitrogen and oxygen atoms in total. The van der Waals surface area contributed by atoms with Crippen LogP contribution >= 0.6 is 0 Å². The van der Waals surface area contributed by atoms with Crippen molar-refractivity contribution >= 4 is 0 Å². The van der Waals surface area contributed by atoms with Crippen LogP contribution in [-0.2, 0) is 0 Å². The average molecular weight is 199 g/mol. The SMILES string of the molecule is CCCCCCCC1CNCCC1O. The molecule has 1 aliphatic heterocycles. The highest BCUT2D eigenvalue weighted by molar-refractivity contribution is 4.76. The van der Waals surface area contributed by atoms with Crippen LogP contribution in [0.4, 0.5) is 0 Å². The van der Waals surface area contributed by atoms with E-state index < -0.39 is 0 Å². The summed E-state index contributed by atoms with van der Waals surface area (Å²) in [5, 5.41) is 13.1. The van der Waals surface area contributed by atoms with E-state index in [1.165, 1.54) is 38.5 Å². The highest BCUT2D eigenvalue weighted by atomic mass is 16.3. The third-order valence-corrected chi connectivity index (χ3v) is 3.25. The zero-order valence-corrected chi connectivity index (χ0v) is 9.47. The highest BCUT2D eigenvalue weighted by Crippen LogP contribution is 2.18. The molecular weight excluding hydrogens is 174 g/mol. The smallest absolute Gasteiger partial charge is 0.0592 e. The number of aliphatic hydroxyl groups is 1. The van der Waals surface area contributed by atoms with E-state index in [2.05, 4.69) is 12.2 Å². The normalized spacial score (nSPS) is 27.9. The lowest BCUT2D eigenvalue weighted by Crippen LogP contribution is -2.39. The summed E-state index contributed by atoms with van der Waals surface area (Å²) in [5.74, 6) is 0.519. The second-order valence-electron chi connectivity index (χ2n) is 4.52. The van der Waals surface area contributed by atoms with Gasteiger partial charge in [-0.15, -0.1) is 0 Å². The van der Waals surface area contributed by atoms with Gasteiger partial charge in [-0.2, -0.15) is 0 Å². The van der Waals surface area contributed by atoms with Gasteiger partial charge >= 0.3 is 0 Å². The third-order valence-electron chi connectivity index (χ3n) is 3.25. The molecule has 84 valence electrons. The van der Waals surface area contributed by atoms with Gasteiger partial charge in [0.05, 0.1) is 6.10 Å². The maximum absolute atomic E-state index is 9.73. The second kappa shape index (κ2) is 7.24. The first-order valence-electron chi connectivity index (χ1n) is 6.23. The zero-order valence-electron chi connectivity index (χ0n) is 9.47. The van der Waals surface area contributed by atoms with Crippen molar-refractivity contribution < 1.29 is 5.11 Å². The Hall–Kier alpha value is -0.0800. The number of rotatable bonds is 6. The van der Waals surface area contributed by atoms with Crippen molar-refractivity contribution in [1.29, 1.82) is 0 Å². The monoisotopic (exact) mass is 199 g/mol. The van der Waals surface area contributed by atoms with Crippen molar-refractivity contribution in [2.75, 3.05) is 13.1 Å². The Kier molecular flexibility index (Phi) is 6.20. The predicted octanol–water partition coefficient (Wildman–Crippen LogP) is 2.32. The van der Waals surface area contributed by atoms with E-state index in [4.69, 9.17) is 0 Å². The Morgan fingerprint density at radius 2 is 2.00 bits per heavy atom. The minimum atomic E-state index is -0.0394. The molecule has 1 saturated heterocycles. The lowest BCUT2D eigenvalue weighted by molar-refractivity contribution is 0.0731. The fourth-order valence-electron chi connectivity index (χ4n) is 2.21. The maximum atomic E-state index is 9.73. The molecule has 1 fully saturated rings. The van der Waals surface area contributed by atoms with E-state index in [1.54, 1.807) is 0 Å². The molecule has 0 aromatic carbocycles. The third kappa shape index (κ3) is 4.43. The van der Waals surface area contributed by atoms with Gasteiger partial charge < -0.3 is 10.4 Å². The van der Waals surface area contributed by atoms with E-state index in [0.29, 0.717) is 5.92 Å². The van der Waals surface area contributed by atoms with Crippen molar-refractivity contribution in [3.8, 4) is 0 Å². The quantitative estimate of drug-likeness (QED) is 0.643. The van der Waals surface area contributed by atoms with Crippen molar-refractivity contribution in [3.05, 3.63) is 0 Å². The van der Waals surface area contributed by atoms with E-state index in [1.807, 2.05) is 0 Å². The van der Waals surface area contributed by atoms with Gasteiger partial charge in [-0.1, -0.05) is 39.0 Å². The molecule has 0 amide bonds. The summed E-state index contributed by atoms with van der Waals surface area (Å²) in [5.41, 5.74) is 0. The molecule has 0 aromatic heterocycles. The molecule has 2 atom stereocenters. The molecule has 1 aliphatic rings. The van der Waals surface area contributed by atoms with Crippen LogP contribution in [0.2, 0.25) is 0 Å². The number of hydrogen-bond donors (Lipinski definition) is 2. The number of aliphatic hydroxyl groups excluding tert-OH is 1. The Morgan fingerprint density at radius 1 is 1.21 bits per heavy atom. The molecule has 14 heavy (non-hydrogen) atoms. The fraction of sp³-hybridized carbons (Fsp3) is 1.00. The van der Waals surface area contributed by atoms with E-state index >= 15 is 0 Å². The van der Waals surface area contributed by atoms with Gasteiger partial charge in [-0.3, -0.25) is 0 Å². The van der Waals surface area contributed by atoms with E-state index in [9.17, 15) is 5.11 Å². The maximum Gasteiger partial charge on any atom is 0.0592 e. The van der Waals surface area contributed by atoms with Gasteiger partial charge in [0.2, 0.25) is 0 Å². The molecular formula is C12H25NO. The first-order valence-corrected chi connectivity index (χ1v) is 6.23. The Balaban J connectivity index is 1.99. The first-order chi connectivity index (χ1) is 6.84. The number of nitrogens with one attached hydrogen (secondary N) is 1. The van der Waals surface area contributed by atoms with Crippen molar-refractivity contribution in [2.24, 2.45) is 5.92 Å². The summed E-state index contributed by atoms with van der Waals surface area (Å²) in [6.07, 6.45) is 8.80. The summed E-state index contributed by atoms with van der Waals surface area (Å²) in [6.45, 7) is 4.26. The largest absolute Gasteiger partial charge is 0.393 e. The van der Waals surface area contributed by atoms with Gasteiger partial charge in [0.25, 0.3) is 0 Å². The molecule has 1 heterocycles. The van der Waals surface area contributed by atoms with Crippen LogP contribution in [0.5, 0.6) is 0 Å². The van der Waals surface area contributed by atoms with Crippen molar-refractivity contribution in [1.82, 2.24) is 5.32 Å². The summed E-state index contributed by atoms with van der Waals surface area (Å²) in [4.78, 5) is 0. The molecule has 2 unspecified atom stereocenters. The molecule has 2 N–H and O–H groups in total. The Bertz CT molecular complexity index is 138. The lowest BCUT2D eigenvalue weighted by atomic mass is 9.91. The van der Waals surface area contributed by atoms with Crippen LogP contribution in [0.1, 0.15) is 51.9 Å². The van der Waals surface area contributed by atoms with Crippen LogP contribution in [0.15, 0.2) is 0 Å². The van der Waals surface area contributed by atoms with Gasteiger partial charge in [0.1, 0.15) is 0 Å². The van der Waals surface area contributed by atoms with Crippen LogP contribution in [0.25, 0.3) is 0 Å². The topological polar surface area (TPSA) is 32.3 Å². The molecule has 0 bridgehead atoms. The molecule has 0 radical (unpaired) electrons. The number of piperidine rings is 1. The minimum absolute atomic E-state index is 0.0394. The fourth-order valence-corrected chi connectivity index (χ4v) is 2.21. The molecule has 2 heteroatoms. The molecule has 0 saturated carbocycles. The van der Waals surface area contributed by atoms with E-state index in [0.717, 1.165) is 19.5 Å². The van der Waals surface area contributed by atoms with Crippen molar-refractivity contribution in [2.45, 2.75) is 58.0 Å². The minimum Gasteiger partial charge on any atom is -0.393 e. The lowest BCUT2D eigenvalue weighted by Gasteiger charge is -2.28. The average Bonchev–Trinajstić information content (AvgIpc) is 2.20. The zero-order chi connectivity index (χ0) is 10.2. The second-order valence-corrected chi connectivity index (χ2v) is 4.52. The summed E-state index contributed by atoms with van der Waals surface area (Å²) >= 11 is 0. The van der Waals surface area contributed by atoms with Gasteiger partial charge in [0, 0.05) is 6.54 Å². The van der Waals surface area contributed by atoms with Gasteiger partial charge in [0.15, 0.2) is 0 Å². The predicted molar refractivity (Wildman–Crippen MR) is 60.4 cm³/mol. The molecule has 0 aliphatic carbocycles. The van der Waals surface area contributed by atoms with Crippen LogP contribution < -0.4 is 5.32 Å². The standard InChI is InChI=1S/C12H25NO/c1-2-3-4-5-6-7-11-10-13-9-8-12(11)14/h11-14H,2-10H2,1H3. The summed E-state index contributed by atoms with van der Waals surface area (Å²) < 4.78 is 0. The number of hydrogen-bond acceptors (Lipinski definition) is 2. The Labute approximate surface area is 88.1 Å². The molecule has 0 aromatic rings. The molecule has 1 rings (SSSR count). The summed E-state index contributed by atoms with van der Waals surface area (Å²) in [6, 6.07) is 0. The Morgan fingerprint density at radius 3 is 2.71 bits per heavy atom. The highest BCUT2D eigenvalue weighted by Gasteiger charge is 2.21. The first kappa shape index (κ1) is 12.0. The van der Waals surface area contributed by atoms with Gasteiger partial charge in [-0.05, 0) is 25.3 Å². The van der Waals surface area contributed by atoms with Gasteiger partial charge in [-0.25, -0.2) is 0 Å². The summed E-state index contributed by atoms with van der Waals surface area (Å²) in [7, 11) is 0. The van der Waals surface area contributed by atoms with Crippen LogP contribution in [0.3, 0.4) is 0 Å². The van der Waals surface area contributed by atoms with E-state index in [-0.39, 0.29) is 6.10 Å². The van der Waals surface area contributed by atoms with Crippen LogP contribution in [-0.4, -0.2) is 24.3 Å². The van der Waals surface area contributed by atoms with Crippen molar-refractivity contribution in [3.63, 3.8) is 0 Å².